The molecular weight excluding hydrogens is 370 g/mol. The van der Waals surface area contributed by atoms with E-state index in [1.807, 2.05) is 38.1 Å². The second-order valence-electron chi connectivity index (χ2n) is 7.20. The van der Waals surface area contributed by atoms with Crippen LogP contribution >= 0.6 is 0 Å². The molecule has 0 spiro atoms. The molecule has 7 heteroatoms. The van der Waals surface area contributed by atoms with Gasteiger partial charge in [-0.3, -0.25) is 19.3 Å². The van der Waals surface area contributed by atoms with Crippen LogP contribution in [0.4, 0.5) is 11.4 Å². The molecule has 152 valence electrons. The number of carbonyl (C=O) groups is 3. The molecule has 1 atom stereocenters. The summed E-state index contributed by atoms with van der Waals surface area (Å²) >= 11 is 0. The lowest BCUT2D eigenvalue weighted by Gasteiger charge is -2.33. The number of hydrogen-bond acceptors (Lipinski definition) is 4. The van der Waals surface area contributed by atoms with Gasteiger partial charge in [-0.05, 0) is 50.1 Å². The van der Waals surface area contributed by atoms with Crippen LogP contribution < -0.4 is 15.0 Å². The number of likely N-dealkylation sites (N-methyl/N-ethyl adjacent to an activating group) is 1. The van der Waals surface area contributed by atoms with Crippen molar-refractivity contribution < 1.29 is 19.1 Å². The van der Waals surface area contributed by atoms with Gasteiger partial charge in [0, 0.05) is 12.7 Å². The number of anilines is 2. The minimum Gasteiger partial charge on any atom is -0.479 e. The summed E-state index contributed by atoms with van der Waals surface area (Å²) in [5.74, 6) is -0.358. The molecule has 3 rings (SSSR count). The maximum Gasteiger partial charge on any atom is 0.268 e. The van der Waals surface area contributed by atoms with Gasteiger partial charge in [-0.2, -0.15) is 0 Å². The van der Waals surface area contributed by atoms with Gasteiger partial charge in [0.2, 0.25) is 11.8 Å². The number of rotatable bonds is 5. The topological polar surface area (TPSA) is 79.0 Å². The number of aryl methyl sites for hydroxylation is 1. The molecule has 0 aromatic heterocycles. The zero-order valence-corrected chi connectivity index (χ0v) is 17.1. The molecule has 2 aromatic rings. The van der Waals surface area contributed by atoms with Crippen molar-refractivity contribution in [3.05, 3.63) is 53.6 Å². The molecule has 1 aliphatic rings. The first-order chi connectivity index (χ1) is 13.8. The fraction of sp³-hybridized carbons (Fsp3) is 0.318. The molecule has 0 bridgehead atoms. The lowest BCUT2D eigenvalue weighted by molar-refractivity contribution is -0.134. The Labute approximate surface area is 170 Å². The Bertz CT molecular complexity index is 957. The van der Waals surface area contributed by atoms with Crippen molar-refractivity contribution in [1.29, 1.82) is 0 Å². The number of carbonyl (C=O) groups excluding carboxylic acids is 3. The largest absolute Gasteiger partial charge is 0.479 e. The van der Waals surface area contributed by atoms with Gasteiger partial charge in [0.15, 0.2) is 6.10 Å². The number of amides is 3. The first-order valence-corrected chi connectivity index (χ1v) is 9.45. The normalized spacial score (nSPS) is 15.4. The first-order valence-electron chi connectivity index (χ1n) is 9.45. The number of benzene rings is 2. The molecule has 1 aliphatic heterocycles. The highest BCUT2D eigenvalue weighted by Crippen LogP contribution is 2.33. The number of ether oxygens (including phenoxy) is 1. The second-order valence-corrected chi connectivity index (χ2v) is 7.20. The number of nitrogens with one attached hydrogen (secondary N) is 1. The van der Waals surface area contributed by atoms with E-state index in [0.717, 1.165) is 16.8 Å². The Balaban J connectivity index is 1.65. The third kappa shape index (κ3) is 4.39. The average Bonchev–Trinajstić information content (AvgIpc) is 2.68. The summed E-state index contributed by atoms with van der Waals surface area (Å²) < 4.78 is 5.59. The molecule has 7 nitrogen and oxygen atoms in total. The number of nitrogens with zero attached hydrogens (tertiary/aromatic N) is 2. The van der Waals surface area contributed by atoms with Crippen LogP contribution in [-0.2, 0) is 14.4 Å². The zero-order chi connectivity index (χ0) is 21.1. The van der Waals surface area contributed by atoms with E-state index < -0.39 is 6.10 Å². The summed E-state index contributed by atoms with van der Waals surface area (Å²) in [6.45, 7) is 5.29. The molecule has 0 fully saturated rings. The van der Waals surface area contributed by atoms with Crippen LogP contribution in [0.2, 0.25) is 0 Å². The van der Waals surface area contributed by atoms with Crippen molar-refractivity contribution in [3.63, 3.8) is 0 Å². The van der Waals surface area contributed by atoms with Gasteiger partial charge >= 0.3 is 0 Å². The fourth-order valence-electron chi connectivity index (χ4n) is 3.16. The summed E-state index contributed by atoms with van der Waals surface area (Å²) in [5.41, 5.74) is 3.34. The molecule has 0 aliphatic carbocycles. The van der Waals surface area contributed by atoms with Crippen LogP contribution in [0.15, 0.2) is 42.5 Å². The van der Waals surface area contributed by atoms with Crippen LogP contribution in [0.1, 0.15) is 18.1 Å². The Morgan fingerprint density at radius 3 is 2.62 bits per heavy atom. The van der Waals surface area contributed by atoms with E-state index in [1.165, 1.54) is 9.80 Å². The molecule has 0 unspecified atom stereocenters. The average molecular weight is 395 g/mol. The third-order valence-electron chi connectivity index (χ3n) is 5.05. The quantitative estimate of drug-likeness (QED) is 0.844. The van der Waals surface area contributed by atoms with Crippen molar-refractivity contribution in [1.82, 2.24) is 4.90 Å². The Hall–Kier alpha value is -3.35. The van der Waals surface area contributed by atoms with E-state index in [4.69, 9.17) is 4.74 Å². The summed E-state index contributed by atoms with van der Waals surface area (Å²) in [4.78, 5) is 40.3. The van der Waals surface area contributed by atoms with Gasteiger partial charge in [0.1, 0.15) is 12.3 Å². The Morgan fingerprint density at radius 2 is 1.86 bits per heavy atom. The van der Waals surface area contributed by atoms with Gasteiger partial charge in [-0.1, -0.05) is 24.3 Å². The Kier molecular flexibility index (Phi) is 5.87. The van der Waals surface area contributed by atoms with Crippen LogP contribution in [0.25, 0.3) is 0 Å². The van der Waals surface area contributed by atoms with Crippen LogP contribution in [0.5, 0.6) is 5.75 Å². The molecule has 0 radical (unpaired) electrons. The van der Waals surface area contributed by atoms with Crippen molar-refractivity contribution in [3.8, 4) is 5.75 Å². The highest BCUT2D eigenvalue weighted by Gasteiger charge is 2.33. The summed E-state index contributed by atoms with van der Waals surface area (Å²) in [6, 6.07) is 12.8. The molecule has 0 saturated heterocycles. The molecule has 0 saturated carbocycles. The van der Waals surface area contributed by atoms with Crippen molar-refractivity contribution in [2.45, 2.75) is 26.9 Å². The SMILES string of the molecule is Cc1cccc(NC(=O)CN(C)C(=O)CN2C(=O)[C@@H](C)Oc3ccccc32)c1C. The Morgan fingerprint density at radius 1 is 1.14 bits per heavy atom. The van der Waals surface area contributed by atoms with Gasteiger partial charge < -0.3 is 15.0 Å². The van der Waals surface area contributed by atoms with E-state index >= 15 is 0 Å². The van der Waals surface area contributed by atoms with Gasteiger partial charge in [-0.25, -0.2) is 0 Å². The molecule has 1 heterocycles. The van der Waals surface area contributed by atoms with Crippen molar-refractivity contribution in [2.24, 2.45) is 0 Å². The molecule has 3 amide bonds. The molecule has 29 heavy (non-hydrogen) atoms. The smallest absolute Gasteiger partial charge is 0.268 e. The van der Waals surface area contributed by atoms with Gasteiger partial charge in [0.25, 0.3) is 5.91 Å². The number of hydrogen-bond donors (Lipinski definition) is 1. The second kappa shape index (κ2) is 8.34. The van der Waals surface area contributed by atoms with E-state index in [1.54, 1.807) is 32.2 Å². The van der Waals surface area contributed by atoms with E-state index in [2.05, 4.69) is 5.32 Å². The highest BCUT2D eigenvalue weighted by atomic mass is 16.5. The number of fused-ring (bicyclic) bond motifs is 1. The standard InChI is InChI=1S/C22H25N3O4/c1-14-8-7-9-17(15(14)2)23-20(26)12-24(4)21(27)13-25-18-10-5-6-11-19(18)29-16(3)22(25)28/h5-11,16H,12-13H2,1-4H3,(H,23,26)/t16-/m1/s1. The van der Waals surface area contributed by atoms with Crippen LogP contribution in [-0.4, -0.2) is 48.9 Å². The maximum absolute atomic E-state index is 12.7. The zero-order valence-electron chi connectivity index (χ0n) is 17.1. The van der Waals surface area contributed by atoms with Crippen LogP contribution in [0, 0.1) is 13.8 Å². The lowest BCUT2D eigenvalue weighted by Crippen LogP contribution is -2.49. The molecular formula is C22H25N3O4. The fourth-order valence-corrected chi connectivity index (χ4v) is 3.16. The number of para-hydroxylation sites is 2. The summed E-state index contributed by atoms with van der Waals surface area (Å²) in [6.07, 6.45) is -0.671. The van der Waals surface area contributed by atoms with E-state index in [-0.39, 0.29) is 30.8 Å². The first kappa shape index (κ1) is 20.4. The minimum atomic E-state index is -0.671. The maximum atomic E-state index is 12.7. The summed E-state index contributed by atoms with van der Waals surface area (Å²) in [5, 5.41) is 2.84. The van der Waals surface area contributed by atoms with Crippen molar-refractivity contribution >= 4 is 29.1 Å². The lowest BCUT2D eigenvalue weighted by atomic mass is 10.1. The van der Waals surface area contributed by atoms with Crippen molar-refractivity contribution in [2.75, 3.05) is 30.4 Å². The molecule has 2 aromatic carbocycles. The van der Waals surface area contributed by atoms with E-state index in [0.29, 0.717) is 11.4 Å². The molecule has 1 N–H and O–H groups in total. The van der Waals surface area contributed by atoms with Gasteiger partial charge in [0.05, 0.1) is 12.2 Å². The third-order valence-corrected chi connectivity index (χ3v) is 5.05. The van der Waals surface area contributed by atoms with Crippen LogP contribution in [0.3, 0.4) is 0 Å². The predicted octanol–water partition coefficient (Wildman–Crippen LogP) is 2.51. The van der Waals surface area contributed by atoms with E-state index in [9.17, 15) is 14.4 Å². The minimum absolute atomic E-state index is 0.109. The highest BCUT2D eigenvalue weighted by molar-refractivity contribution is 6.04. The predicted molar refractivity (Wildman–Crippen MR) is 111 cm³/mol. The monoisotopic (exact) mass is 395 g/mol. The summed E-state index contributed by atoms with van der Waals surface area (Å²) in [7, 11) is 1.55. The van der Waals surface area contributed by atoms with Gasteiger partial charge in [-0.15, -0.1) is 0 Å².